The average Bonchev–Trinajstić information content (AvgIpc) is 2.45. The molecule has 0 spiro atoms. The molecule has 0 aromatic rings. The van der Waals surface area contributed by atoms with Crippen LogP contribution in [0.15, 0.2) is 12.7 Å². The Kier molecular flexibility index (Phi) is 5.17. The first-order chi connectivity index (χ1) is 9.63. The van der Waals surface area contributed by atoms with Gasteiger partial charge in [0.1, 0.15) is 6.04 Å². The van der Waals surface area contributed by atoms with Crippen molar-refractivity contribution >= 4 is 11.9 Å². The standard InChI is InChI=1S/C15H24N2O3/c1-2-9-16-14(18)10-17-12-6-4-3-5-11(12)7-8-13(17)15(19)20/h2,11-13H,1,3-10H2,(H,16,18)(H,19,20). The number of likely N-dealkylation sites (tertiary alicyclic amines) is 1. The molecule has 112 valence electrons. The summed E-state index contributed by atoms with van der Waals surface area (Å²) in [7, 11) is 0. The summed E-state index contributed by atoms with van der Waals surface area (Å²) >= 11 is 0. The highest BCUT2D eigenvalue weighted by atomic mass is 16.4. The molecule has 20 heavy (non-hydrogen) atoms. The molecular weight excluding hydrogens is 256 g/mol. The van der Waals surface area contributed by atoms with Gasteiger partial charge in [-0.05, 0) is 31.6 Å². The molecule has 2 rings (SSSR count). The van der Waals surface area contributed by atoms with Crippen LogP contribution in [0.5, 0.6) is 0 Å². The molecule has 1 aliphatic heterocycles. The van der Waals surface area contributed by atoms with E-state index in [9.17, 15) is 14.7 Å². The maximum Gasteiger partial charge on any atom is 0.320 e. The van der Waals surface area contributed by atoms with Gasteiger partial charge in [0.05, 0.1) is 6.54 Å². The van der Waals surface area contributed by atoms with Crippen LogP contribution in [-0.4, -0.2) is 47.1 Å². The van der Waals surface area contributed by atoms with Crippen LogP contribution in [0.3, 0.4) is 0 Å². The van der Waals surface area contributed by atoms with Crippen LogP contribution in [-0.2, 0) is 9.59 Å². The van der Waals surface area contributed by atoms with Crippen LogP contribution in [0, 0.1) is 5.92 Å². The van der Waals surface area contributed by atoms with E-state index in [1.807, 2.05) is 4.90 Å². The summed E-state index contributed by atoms with van der Waals surface area (Å²) in [6, 6.07) is -0.253. The molecule has 1 aliphatic carbocycles. The molecule has 2 aliphatic rings. The van der Waals surface area contributed by atoms with Crippen LogP contribution < -0.4 is 5.32 Å². The molecule has 3 atom stereocenters. The number of nitrogens with zero attached hydrogens (tertiary/aromatic N) is 1. The fourth-order valence-corrected chi connectivity index (χ4v) is 3.63. The Hall–Kier alpha value is -1.36. The summed E-state index contributed by atoms with van der Waals surface area (Å²) in [5.41, 5.74) is 0. The predicted octanol–water partition coefficient (Wildman–Crippen LogP) is 1.40. The summed E-state index contributed by atoms with van der Waals surface area (Å²) in [5.74, 6) is -0.348. The van der Waals surface area contributed by atoms with Crippen molar-refractivity contribution in [2.24, 2.45) is 5.92 Å². The Bertz CT molecular complexity index is 383. The van der Waals surface area contributed by atoms with Gasteiger partial charge in [-0.1, -0.05) is 18.9 Å². The number of aliphatic carboxylic acids is 1. The first-order valence-electron chi connectivity index (χ1n) is 7.49. The van der Waals surface area contributed by atoms with E-state index in [0.29, 0.717) is 18.9 Å². The molecule has 5 nitrogen and oxygen atoms in total. The molecule has 1 amide bonds. The second-order valence-corrected chi connectivity index (χ2v) is 5.81. The van der Waals surface area contributed by atoms with Crippen molar-refractivity contribution in [3.05, 3.63) is 12.7 Å². The Morgan fingerprint density at radius 1 is 1.25 bits per heavy atom. The SMILES string of the molecule is C=CCNC(=O)CN1C(C(=O)O)CCC2CCCCC21. The molecule has 3 unspecified atom stereocenters. The third-order valence-corrected chi connectivity index (χ3v) is 4.56. The molecular formula is C15H24N2O3. The highest BCUT2D eigenvalue weighted by Crippen LogP contribution is 2.37. The van der Waals surface area contributed by atoms with Gasteiger partial charge in [-0.2, -0.15) is 0 Å². The number of nitrogens with one attached hydrogen (secondary N) is 1. The van der Waals surface area contributed by atoms with Gasteiger partial charge in [0.2, 0.25) is 5.91 Å². The zero-order chi connectivity index (χ0) is 14.5. The van der Waals surface area contributed by atoms with Crippen LogP contribution in [0.1, 0.15) is 38.5 Å². The third kappa shape index (κ3) is 3.39. The van der Waals surface area contributed by atoms with E-state index in [1.54, 1.807) is 6.08 Å². The number of carbonyl (C=O) groups is 2. The number of carboxylic acid groups (broad SMARTS) is 1. The smallest absolute Gasteiger partial charge is 0.320 e. The van der Waals surface area contributed by atoms with E-state index in [-0.39, 0.29) is 18.5 Å². The Balaban J connectivity index is 2.06. The quantitative estimate of drug-likeness (QED) is 0.747. The fourth-order valence-electron chi connectivity index (χ4n) is 3.63. The topological polar surface area (TPSA) is 69.6 Å². The number of carbonyl (C=O) groups excluding carboxylic acids is 1. The van der Waals surface area contributed by atoms with E-state index in [2.05, 4.69) is 11.9 Å². The Labute approximate surface area is 120 Å². The normalized spacial score (nSPS) is 30.3. The maximum absolute atomic E-state index is 11.9. The van der Waals surface area contributed by atoms with Gasteiger partial charge in [0, 0.05) is 12.6 Å². The molecule has 2 fully saturated rings. The van der Waals surface area contributed by atoms with Crippen LogP contribution >= 0.6 is 0 Å². The predicted molar refractivity (Wildman–Crippen MR) is 76.3 cm³/mol. The molecule has 1 saturated heterocycles. The number of hydrogen-bond donors (Lipinski definition) is 2. The van der Waals surface area contributed by atoms with E-state index in [4.69, 9.17) is 0 Å². The number of piperidine rings is 1. The van der Waals surface area contributed by atoms with Crippen molar-refractivity contribution < 1.29 is 14.7 Å². The van der Waals surface area contributed by atoms with Gasteiger partial charge in [-0.3, -0.25) is 14.5 Å². The summed E-state index contributed by atoms with van der Waals surface area (Å²) in [5, 5.41) is 12.1. The summed E-state index contributed by atoms with van der Waals surface area (Å²) in [4.78, 5) is 25.3. The van der Waals surface area contributed by atoms with Gasteiger partial charge in [0.15, 0.2) is 0 Å². The van der Waals surface area contributed by atoms with Crippen molar-refractivity contribution in [3.8, 4) is 0 Å². The number of hydrogen-bond acceptors (Lipinski definition) is 3. The lowest BCUT2D eigenvalue weighted by Gasteiger charge is -2.46. The van der Waals surface area contributed by atoms with E-state index >= 15 is 0 Å². The minimum Gasteiger partial charge on any atom is -0.480 e. The van der Waals surface area contributed by atoms with Gasteiger partial charge < -0.3 is 10.4 Å². The van der Waals surface area contributed by atoms with E-state index < -0.39 is 12.0 Å². The lowest BCUT2D eigenvalue weighted by molar-refractivity contribution is -0.149. The molecule has 0 radical (unpaired) electrons. The highest BCUT2D eigenvalue weighted by molar-refractivity contribution is 5.80. The third-order valence-electron chi connectivity index (χ3n) is 4.56. The van der Waals surface area contributed by atoms with Gasteiger partial charge in [-0.15, -0.1) is 6.58 Å². The molecule has 5 heteroatoms. The molecule has 0 aromatic carbocycles. The zero-order valence-corrected chi connectivity index (χ0v) is 11.9. The van der Waals surface area contributed by atoms with E-state index in [0.717, 1.165) is 19.3 Å². The van der Waals surface area contributed by atoms with Crippen LogP contribution in [0.25, 0.3) is 0 Å². The second-order valence-electron chi connectivity index (χ2n) is 5.81. The molecule has 1 heterocycles. The summed E-state index contributed by atoms with van der Waals surface area (Å²) in [6.45, 7) is 4.18. The van der Waals surface area contributed by atoms with Crippen LogP contribution in [0.4, 0.5) is 0 Å². The number of fused-ring (bicyclic) bond motifs is 1. The Morgan fingerprint density at radius 2 is 2.00 bits per heavy atom. The van der Waals surface area contributed by atoms with E-state index in [1.165, 1.54) is 12.8 Å². The lowest BCUT2D eigenvalue weighted by Crippen LogP contribution is -2.57. The molecule has 0 aromatic heterocycles. The number of carboxylic acids is 1. The lowest BCUT2D eigenvalue weighted by atomic mass is 9.76. The minimum atomic E-state index is -0.800. The van der Waals surface area contributed by atoms with Crippen molar-refractivity contribution in [1.82, 2.24) is 10.2 Å². The average molecular weight is 280 g/mol. The molecule has 2 N–H and O–H groups in total. The number of amides is 1. The summed E-state index contributed by atoms with van der Waals surface area (Å²) in [6.07, 6.45) is 7.82. The van der Waals surface area contributed by atoms with Gasteiger partial charge in [-0.25, -0.2) is 0 Å². The first-order valence-corrected chi connectivity index (χ1v) is 7.49. The van der Waals surface area contributed by atoms with Gasteiger partial charge >= 0.3 is 5.97 Å². The largest absolute Gasteiger partial charge is 0.480 e. The van der Waals surface area contributed by atoms with Crippen LogP contribution in [0.2, 0.25) is 0 Å². The summed E-state index contributed by atoms with van der Waals surface area (Å²) < 4.78 is 0. The van der Waals surface area contributed by atoms with Gasteiger partial charge in [0.25, 0.3) is 0 Å². The van der Waals surface area contributed by atoms with Crippen molar-refractivity contribution in [3.63, 3.8) is 0 Å². The van der Waals surface area contributed by atoms with Crippen molar-refractivity contribution in [1.29, 1.82) is 0 Å². The van der Waals surface area contributed by atoms with Crippen molar-refractivity contribution in [2.45, 2.75) is 50.6 Å². The zero-order valence-electron chi connectivity index (χ0n) is 11.9. The Morgan fingerprint density at radius 3 is 2.70 bits per heavy atom. The number of rotatable bonds is 5. The first kappa shape index (κ1) is 15.0. The fraction of sp³-hybridized carbons (Fsp3) is 0.733. The minimum absolute atomic E-state index is 0.109. The second kappa shape index (κ2) is 6.88. The van der Waals surface area contributed by atoms with Crippen molar-refractivity contribution in [2.75, 3.05) is 13.1 Å². The maximum atomic E-state index is 11.9. The molecule has 1 saturated carbocycles. The highest BCUT2D eigenvalue weighted by Gasteiger charge is 2.41. The molecule has 0 bridgehead atoms. The monoisotopic (exact) mass is 280 g/mol.